The van der Waals surface area contributed by atoms with Gasteiger partial charge >= 0.3 is 0 Å². The van der Waals surface area contributed by atoms with E-state index in [0.29, 0.717) is 16.4 Å². The first-order valence-electron chi connectivity index (χ1n) is 7.39. The molecule has 1 atom stereocenters. The Labute approximate surface area is 136 Å². The summed E-state index contributed by atoms with van der Waals surface area (Å²) >= 11 is 0. The van der Waals surface area contributed by atoms with Crippen molar-refractivity contribution in [1.82, 2.24) is 9.78 Å². The minimum atomic E-state index is -3.01. The highest BCUT2D eigenvalue weighted by atomic mass is 19.3. The van der Waals surface area contributed by atoms with Crippen LogP contribution in [-0.2, 0) is 11.2 Å². The van der Waals surface area contributed by atoms with Crippen molar-refractivity contribution in [3.63, 3.8) is 0 Å². The molecule has 24 heavy (non-hydrogen) atoms. The predicted molar refractivity (Wildman–Crippen MR) is 81.3 cm³/mol. The molecule has 0 fully saturated rings. The molecule has 1 unspecified atom stereocenters. The number of amides is 1. The first-order chi connectivity index (χ1) is 11.3. The standard InChI is InChI=1S/C16H17F4N3O/c1-3-10-4-6-11(7-5-10)21-16(24)9(2)23-13(15(19)20)8-12(22-23)14(17)18/h4-9,14-15H,3H2,1-2H3,(H,21,24). The summed E-state index contributed by atoms with van der Waals surface area (Å²) in [6, 6.07) is 6.49. The van der Waals surface area contributed by atoms with Crippen molar-refractivity contribution < 1.29 is 22.4 Å². The van der Waals surface area contributed by atoms with Crippen LogP contribution in [0.25, 0.3) is 0 Å². The Hall–Kier alpha value is -2.38. The van der Waals surface area contributed by atoms with E-state index < -0.39 is 36.2 Å². The molecule has 2 rings (SSSR count). The van der Waals surface area contributed by atoms with Gasteiger partial charge in [0, 0.05) is 5.69 Å². The van der Waals surface area contributed by atoms with Crippen LogP contribution in [0.1, 0.15) is 49.7 Å². The number of rotatable bonds is 6. The van der Waals surface area contributed by atoms with Crippen molar-refractivity contribution in [1.29, 1.82) is 0 Å². The predicted octanol–water partition coefficient (Wildman–Crippen LogP) is 4.52. The maximum atomic E-state index is 13.0. The van der Waals surface area contributed by atoms with Gasteiger partial charge in [0.05, 0.1) is 0 Å². The fourth-order valence-electron chi connectivity index (χ4n) is 2.19. The van der Waals surface area contributed by atoms with E-state index in [4.69, 9.17) is 0 Å². The number of alkyl halides is 4. The van der Waals surface area contributed by atoms with Gasteiger partial charge in [-0.1, -0.05) is 19.1 Å². The summed E-state index contributed by atoms with van der Waals surface area (Å²) in [6.45, 7) is 3.31. The van der Waals surface area contributed by atoms with Gasteiger partial charge in [-0.05, 0) is 37.1 Å². The fourth-order valence-corrected chi connectivity index (χ4v) is 2.19. The molecule has 0 saturated heterocycles. The Kier molecular flexibility index (Phi) is 5.58. The van der Waals surface area contributed by atoms with Gasteiger partial charge in [0.1, 0.15) is 17.4 Å². The third kappa shape index (κ3) is 3.93. The molecule has 0 aliphatic heterocycles. The SMILES string of the molecule is CCc1ccc(NC(=O)C(C)n2nc(C(F)F)cc2C(F)F)cc1. The first kappa shape index (κ1) is 18.0. The minimum absolute atomic E-state index is 0.490. The molecule has 0 bridgehead atoms. The largest absolute Gasteiger partial charge is 0.324 e. The van der Waals surface area contributed by atoms with Crippen LogP contribution in [0.5, 0.6) is 0 Å². The van der Waals surface area contributed by atoms with E-state index in [0.717, 1.165) is 12.0 Å². The number of nitrogens with zero attached hydrogens (tertiary/aromatic N) is 2. The molecular weight excluding hydrogens is 326 g/mol. The Morgan fingerprint density at radius 2 is 1.79 bits per heavy atom. The summed E-state index contributed by atoms with van der Waals surface area (Å²) < 4.78 is 52.0. The van der Waals surface area contributed by atoms with Crippen molar-refractivity contribution in [3.05, 3.63) is 47.3 Å². The second-order valence-corrected chi connectivity index (χ2v) is 5.26. The molecule has 0 aliphatic carbocycles. The lowest BCUT2D eigenvalue weighted by Crippen LogP contribution is -2.26. The van der Waals surface area contributed by atoms with Crippen LogP contribution < -0.4 is 5.32 Å². The van der Waals surface area contributed by atoms with Gasteiger partial charge in [0.25, 0.3) is 12.9 Å². The Morgan fingerprint density at radius 3 is 2.29 bits per heavy atom. The molecule has 1 aromatic heterocycles. The zero-order chi connectivity index (χ0) is 17.9. The monoisotopic (exact) mass is 343 g/mol. The van der Waals surface area contributed by atoms with Crippen LogP contribution in [0.3, 0.4) is 0 Å². The van der Waals surface area contributed by atoms with Crippen molar-refractivity contribution in [2.24, 2.45) is 0 Å². The van der Waals surface area contributed by atoms with Crippen molar-refractivity contribution in [3.8, 4) is 0 Å². The molecule has 1 N–H and O–H groups in total. The third-order valence-corrected chi connectivity index (χ3v) is 3.61. The highest BCUT2D eigenvalue weighted by molar-refractivity contribution is 5.93. The van der Waals surface area contributed by atoms with Gasteiger partial charge in [-0.15, -0.1) is 0 Å². The number of hydrogen-bond donors (Lipinski definition) is 1. The highest BCUT2D eigenvalue weighted by Crippen LogP contribution is 2.27. The van der Waals surface area contributed by atoms with E-state index in [2.05, 4.69) is 10.4 Å². The van der Waals surface area contributed by atoms with Gasteiger partial charge in [0.15, 0.2) is 0 Å². The summed E-state index contributed by atoms with van der Waals surface area (Å²) in [5.74, 6) is -0.620. The summed E-state index contributed by atoms with van der Waals surface area (Å²) in [6.07, 6.45) is -5.16. The molecule has 8 heteroatoms. The van der Waals surface area contributed by atoms with Gasteiger partial charge in [0.2, 0.25) is 5.91 Å². The molecule has 1 aromatic carbocycles. The van der Waals surface area contributed by atoms with Crippen LogP contribution in [0.4, 0.5) is 23.2 Å². The maximum absolute atomic E-state index is 13.0. The summed E-state index contributed by atoms with van der Waals surface area (Å²) in [5.41, 5.74) is 0.0742. The molecule has 0 radical (unpaired) electrons. The van der Waals surface area contributed by atoms with Crippen LogP contribution in [0, 0.1) is 0 Å². The van der Waals surface area contributed by atoms with E-state index in [1.54, 1.807) is 12.1 Å². The van der Waals surface area contributed by atoms with E-state index in [1.807, 2.05) is 19.1 Å². The zero-order valence-electron chi connectivity index (χ0n) is 13.1. The fraction of sp³-hybridized carbons (Fsp3) is 0.375. The summed E-state index contributed by atoms with van der Waals surface area (Å²) in [7, 11) is 0. The van der Waals surface area contributed by atoms with Crippen molar-refractivity contribution in [2.75, 3.05) is 5.32 Å². The average Bonchev–Trinajstić information content (AvgIpc) is 3.00. The molecule has 0 spiro atoms. The molecular formula is C16H17F4N3O. The van der Waals surface area contributed by atoms with E-state index in [9.17, 15) is 22.4 Å². The highest BCUT2D eigenvalue weighted by Gasteiger charge is 2.26. The van der Waals surface area contributed by atoms with Crippen molar-refractivity contribution in [2.45, 2.75) is 39.2 Å². The lowest BCUT2D eigenvalue weighted by atomic mass is 10.1. The molecule has 130 valence electrons. The summed E-state index contributed by atoms with van der Waals surface area (Å²) in [5, 5.41) is 6.01. The van der Waals surface area contributed by atoms with Gasteiger partial charge in [-0.3, -0.25) is 9.48 Å². The molecule has 0 aliphatic rings. The number of aryl methyl sites for hydroxylation is 1. The molecule has 2 aromatic rings. The smallest absolute Gasteiger partial charge is 0.282 e. The van der Waals surface area contributed by atoms with Crippen LogP contribution in [-0.4, -0.2) is 15.7 Å². The topological polar surface area (TPSA) is 46.9 Å². The number of carbonyl (C=O) groups excluding carboxylic acids is 1. The third-order valence-electron chi connectivity index (χ3n) is 3.61. The first-order valence-corrected chi connectivity index (χ1v) is 7.39. The number of benzene rings is 1. The zero-order valence-corrected chi connectivity index (χ0v) is 13.1. The average molecular weight is 343 g/mol. The molecule has 4 nitrogen and oxygen atoms in total. The van der Waals surface area contributed by atoms with E-state index >= 15 is 0 Å². The second-order valence-electron chi connectivity index (χ2n) is 5.26. The van der Waals surface area contributed by atoms with E-state index in [1.165, 1.54) is 6.92 Å². The van der Waals surface area contributed by atoms with Gasteiger partial charge in [-0.2, -0.15) is 5.10 Å². The van der Waals surface area contributed by atoms with Crippen LogP contribution >= 0.6 is 0 Å². The molecule has 1 heterocycles. The Bertz CT molecular complexity index is 698. The Morgan fingerprint density at radius 1 is 1.17 bits per heavy atom. The number of carbonyl (C=O) groups is 1. The second kappa shape index (κ2) is 7.46. The van der Waals surface area contributed by atoms with E-state index in [-0.39, 0.29) is 0 Å². The number of halogens is 4. The lowest BCUT2D eigenvalue weighted by Gasteiger charge is -2.15. The quantitative estimate of drug-likeness (QED) is 0.784. The van der Waals surface area contributed by atoms with Gasteiger partial charge in [-0.25, -0.2) is 17.6 Å². The number of aromatic nitrogens is 2. The van der Waals surface area contributed by atoms with Crippen molar-refractivity contribution >= 4 is 11.6 Å². The normalized spacial score (nSPS) is 12.7. The van der Waals surface area contributed by atoms with Crippen LogP contribution in [0.2, 0.25) is 0 Å². The summed E-state index contributed by atoms with van der Waals surface area (Å²) in [4.78, 5) is 12.2. The minimum Gasteiger partial charge on any atom is -0.324 e. The molecule has 0 saturated carbocycles. The van der Waals surface area contributed by atoms with Crippen LogP contribution in [0.15, 0.2) is 30.3 Å². The Balaban J connectivity index is 2.20. The lowest BCUT2D eigenvalue weighted by molar-refractivity contribution is -0.119. The maximum Gasteiger partial charge on any atom is 0.282 e. The number of anilines is 1. The van der Waals surface area contributed by atoms with Gasteiger partial charge < -0.3 is 5.32 Å². The number of hydrogen-bond acceptors (Lipinski definition) is 2. The molecule has 1 amide bonds. The number of nitrogens with one attached hydrogen (secondary N) is 1.